The highest BCUT2D eigenvalue weighted by atomic mass is 15.5. The molecule has 1 aromatic rings. The van der Waals surface area contributed by atoms with E-state index in [-0.39, 0.29) is 0 Å². The van der Waals surface area contributed by atoms with Crippen LogP contribution in [-0.2, 0) is 6.54 Å². The summed E-state index contributed by atoms with van der Waals surface area (Å²) in [5.74, 6) is 0.857. The van der Waals surface area contributed by atoms with Crippen LogP contribution in [0.2, 0.25) is 0 Å². The number of rotatable bonds is 3. The Balaban J connectivity index is 2.49. The highest BCUT2D eigenvalue weighted by Gasteiger charge is 1.96. The third-order valence-corrected chi connectivity index (χ3v) is 1.28. The third-order valence-electron chi connectivity index (χ3n) is 1.28. The second kappa shape index (κ2) is 3.26. The fraction of sp³-hybridized carbons (Fsp3) is 0.800. The van der Waals surface area contributed by atoms with Gasteiger partial charge in [-0.1, -0.05) is 0 Å². The van der Waals surface area contributed by atoms with Crippen LogP contribution in [0.3, 0.4) is 0 Å². The first-order valence-electron chi connectivity index (χ1n) is 3.22. The summed E-state index contributed by atoms with van der Waals surface area (Å²) in [6.45, 7) is 3.61. The molecule has 0 aliphatic heterocycles. The van der Waals surface area contributed by atoms with Crippen molar-refractivity contribution in [2.24, 2.45) is 0 Å². The Kier molecular flexibility index (Phi) is 2.33. The van der Waals surface area contributed by atoms with E-state index >= 15 is 0 Å². The smallest absolute Gasteiger partial charge is 0.148 e. The van der Waals surface area contributed by atoms with Crippen molar-refractivity contribution in [3.8, 4) is 0 Å². The zero-order valence-electron chi connectivity index (χ0n) is 6.20. The summed E-state index contributed by atoms with van der Waals surface area (Å²) in [5, 5.41) is 14.0. The summed E-state index contributed by atoms with van der Waals surface area (Å²) in [7, 11) is 1.90. The van der Waals surface area contributed by atoms with Crippen molar-refractivity contribution in [3.63, 3.8) is 0 Å². The van der Waals surface area contributed by atoms with Gasteiger partial charge in [0, 0.05) is 6.54 Å². The Hall–Kier alpha value is -0.970. The van der Waals surface area contributed by atoms with Crippen LogP contribution < -0.4 is 5.32 Å². The van der Waals surface area contributed by atoms with Gasteiger partial charge >= 0.3 is 0 Å². The van der Waals surface area contributed by atoms with Crippen LogP contribution in [0.25, 0.3) is 0 Å². The van der Waals surface area contributed by atoms with Crippen LogP contribution in [0, 0.1) is 6.92 Å². The van der Waals surface area contributed by atoms with Crippen LogP contribution in [0.5, 0.6) is 0 Å². The molecule has 0 saturated heterocycles. The van der Waals surface area contributed by atoms with Crippen molar-refractivity contribution in [1.82, 2.24) is 25.5 Å². The predicted octanol–water partition coefficient (Wildman–Crippen LogP) is -0.799. The third kappa shape index (κ3) is 1.51. The average Bonchev–Trinajstić information content (AvgIpc) is 2.31. The summed E-state index contributed by atoms with van der Waals surface area (Å²) in [6.07, 6.45) is 0. The first kappa shape index (κ1) is 7.14. The Labute approximate surface area is 59.4 Å². The summed E-state index contributed by atoms with van der Waals surface area (Å²) < 4.78 is 1.76. The minimum absolute atomic E-state index is 0.829. The predicted molar refractivity (Wildman–Crippen MR) is 36.5 cm³/mol. The summed E-state index contributed by atoms with van der Waals surface area (Å²) in [4.78, 5) is 0. The first-order valence-corrected chi connectivity index (χ1v) is 3.22. The molecule has 0 aliphatic rings. The normalized spacial score (nSPS) is 10.2. The minimum Gasteiger partial charge on any atom is -0.318 e. The van der Waals surface area contributed by atoms with E-state index in [1.54, 1.807) is 4.68 Å². The van der Waals surface area contributed by atoms with Gasteiger partial charge in [-0.15, -0.1) is 5.10 Å². The van der Waals surface area contributed by atoms with E-state index < -0.39 is 0 Å². The van der Waals surface area contributed by atoms with Crippen LogP contribution in [0.4, 0.5) is 0 Å². The molecular weight excluding hydrogens is 130 g/mol. The Bertz CT molecular complexity index is 194. The average molecular weight is 141 g/mol. The topological polar surface area (TPSA) is 55.6 Å². The van der Waals surface area contributed by atoms with Crippen molar-refractivity contribution in [2.75, 3.05) is 13.6 Å². The van der Waals surface area contributed by atoms with E-state index in [9.17, 15) is 0 Å². The van der Waals surface area contributed by atoms with Crippen LogP contribution >= 0.6 is 0 Å². The van der Waals surface area contributed by atoms with E-state index in [1.807, 2.05) is 14.0 Å². The van der Waals surface area contributed by atoms with Gasteiger partial charge in [-0.05, 0) is 24.4 Å². The van der Waals surface area contributed by atoms with E-state index in [0.29, 0.717) is 0 Å². The van der Waals surface area contributed by atoms with Crippen molar-refractivity contribution in [1.29, 1.82) is 0 Å². The van der Waals surface area contributed by atoms with Crippen LogP contribution in [0.1, 0.15) is 5.82 Å². The lowest BCUT2D eigenvalue weighted by Gasteiger charge is -1.98. The highest BCUT2D eigenvalue weighted by Crippen LogP contribution is 1.85. The monoisotopic (exact) mass is 141 g/mol. The molecule has 56 valence electrons. The molecule has 0 amide bonds. The van der Waals surface area contributed by atoms with Crippen molar-refractivity contribution < 1.29 is 0 Å². The molecule has 5 heteroatoms. The molecule has 0 unspecified atom stereocenters. The maximum atomic E-state index is 3.77. The molecule has 1 heterocycles. The number of nitrogens with zero attached hydrogens (tertiary/aromatic N) is 4. The van der Waals surface area contributed by atoms with Gasteiger partial charge in [-0.3, -0.25) is 0 Å². The molecule has 0 fully saturated rings. The molecule has 1 N–H and O–H groups in total. The molecule has 0 bridgehead atoms. The number of hydrogen-bond donors (Lipinski definition) is 1. The molecule has 5 nitrogen and oxygen atoms in total. The first-order chi connectivity index (χ1) is 4.84. The summed E-state index contributed by atoms with van der Waals surface area (Å²) >= 11 is 0. The number of aryl methyl sites for hydroxylation is 1. The van der Waals surface area contributed by atoms with E-state index in [2.05, 4.69) is 20.8 Å². The second-order valence-electron chi connectivity index (χ2n) is 2.05. The van der Waals surface area contributed by atoms with Gasteiger partial charge < -0.3 is 5.32 Å². The van der Waals surface area contributed by atoms with Crippen molar-refractivity contribution in [2.45, 2.75) is 13.5 Å². The summed E-state index contributed by atoms with van der Waals surface area (Å²) in [5.41, 5.74) is 0. The second-order valence-corrected chi connectivity index (χ2v) is 2.05. The molecule has 10 heavy (non-hydrogen) atoms. The van der Waals surface area contributed by atoms with Gasteiger partial charge in [-0.2, -0.15) is 0 Å². The SMILES string of the molecule is CNCCn1nnnc1C. The maximum absolute atomic E-state index is 3.77. The van der Waals surface area contributed by atoms with Gasteiger partial charge in [0.05, 0.1) is 6.54 Å². The molecule has 1 rings (SSSR count). The Morgan fingerprint density at radius 1 is 1.60 bits per heavy atom. The maximum Gasteiger partial charge on any atom is 0.148 e. The van der Waals surface area contributed by atoms with Gasteiger partial charge in [-0.25, -0.2) is 4.68 Å². The Morgan fingerprint density at radius 2 is 2.40 bits per heavy atom. The van der Waals surface area contributed by atoms with Gasteiger partial charge in [0.2, 0.25) is 0 Å². The van der Waals surface area contributed by atoms with Crippen molar-refractivity contribution >= 4 is 0 Å². The van der Waals surface area contributed by atoms with Crippen molar-refractivity contribution in [3.05, 3.63) is 5.82 Å². The van der Waals surface area contributed by atoms with E-state index in [0.717, 1.165) is 18.9 Å². The summed E-state index contributed by atoms with van der Waals surface area (Å²) in [6, 6.07) is 0. The van der Waals surface area contributed by atoms with Gasteiger partial charge in [0.25, 0.3) is 0 Å². The lowest BCUT2D eigenvalue weighted by molar-refractivity contribution is 0.554. The fourth-order valence-corrected chi connectivity index (χ4v) is 0.674. The quantitative estimate of drug-likeness (QED) is 0.598. The Morgan fingerprint density at radius 3 is 2.90 bits per heavy atom. The largest absolute Gasteiger partial charge is 0.318 e. The van der Waals surface area contributed by atoms with Gasteiger partial charge in [0.1, 0.15) is 5.82 Å². The highest BCUT2D eigenvalue weighted by molar-refractivity contribution is 4.72. The van der Waals surface area contributed by atoms with Crippen LogP contribution in [-0.4, -0.2) is 33.8 Å². The number of tetrazole rings is 1. The van der Waals surface area contributed by atoms with E-state index in [4.69, 9.17) is 0 Å². The number of hydrogen-bond acceptors (Lipinski definition) is 4. The van der Waals surface area contributed by atoms with Gasteiger partial charge in [0.15, 0.2) is 0 Å². The minimum atomic E-state index is 0.829. The fourth-order valence-electron chi connectivity index (χ4n) is 0.674. The van der Waals surface area contributed by atoms with E-state index in [1.165, 1.54) is 0 Å². The van der Waals surface area contributed by atoms with Crippen LogP contribution in [0.15, 0.2) is 0 Å². The molecular formula is C5H11N5. The molecule has 0 atom stereocenters. The zero-order chi connectivity index (χ0) is 7.40. The standard InChI is InChI=1S/C5H11N5/c1-5-7-8-9-10(5)4-3-6-2/h6H,3-4H2,1-2H3. The molecule has 0 spiro atoms. The number of nitrogens with one attached hydrogen (secondary N) is 1. The number of likely N-dealkylation sites (N-methyl/N-ethyl adjacent to an activating group) is 1. The molecule has 0 saturated carbocycles. The lowest BCUT2D eigenvalue weighted by Crippen LogP contribution is -2.16. The zero-order valence-corrected chi connectivity index (χ0v) is 6.20. The molecule has 1 aromatic heterocycles. The lowest BCUT2D eigenvalue weighted by atomic mass is 10.6. The molecule has 0 aromatic carbocycles. The number of aromatic nitrogens is 4. The molecule has 0 radical (unpaired) electrons. The molecule has 0 aliphatic carbocycles.